The lowest BCUT2D eigenvalue weighted by molar-refractivity contribution is 0.326. The van der Waals surface area contributed by atoms with Crippen molar-refractivity contribution >= 4 is 22.7 Å². The molecule has 182 valence electrons. The second kappa shape index (κ2) is 10.6. The van der Waals surface area contributed by atoms with Gasteiger partial charge >= 0.3 is 0 Å². The van der Waals surface area contributed by atoms with Gasteiger partial charge in [-0.25, -0.2) is 4.98 Å². The molecule has 0 N–H and O–H groups in total. The lowest BCUT2D eigenvalue weighted by Gasteiger charge is -2.17. The molecule has 35 heavy (non-hydrogen) atoms. The van der Waals surface area contributed by atoms with Gasteiger partial charge in [0, 0.05) is 5.75 Å². The van der Waals surface area contributed by atoms with Crippen LogP contribution in [0.1, 0.15) is 5.56 Å². The first-order valence-corrected chi connectivity index (χ1v) is 11.7. The summed E-state index contributed by atoms with van der Waals surface area (Å²) in [6.45, 7) is 0. The van der Waals surface area contributed by atoms with Crippen molar-refractivity contribution in [2.75, 3.05) is 35.5 Å². The molecule has 0 atom stereocenters. The number of thioether (sulfide) groups is 1. The fourth-order valence-electron chi connectivity index (χ4n) is 3.73. The van der Waals surface area contributed by atoms with Crippen molar-refractivity contribution in [1.29, 1.82) is 0 Å². The minimum Gasteiger partial charge on any atom is -0.497 e. The van der Waals surface area contributed by atoms with Crippen LogP contribution < -0.4 is 29.2 Å². The molecule has 0 unspecified atom stereocenters. The largest absolute Gasteiger partial charge is 0.497 e. The van der Waals surface area contributed by atoms with Crippen LogP contribution in [0.4, 0.5) is 0 Å². The SMILES string of the molecule is COc1ccc(-n2c(SCc3cccc(OC)c3)nc3c(OC)c(OC)c(OC)cc3c2=O)cc1. The molecule has 0 saturated heterocycles. The second-order valence-corrected chi connectivity index (χ2v) is 8.36. The van der Waals surface area contributed by atoms with E-state index in [-0.39, 0.29) is 5.56 Å². The van der Waals surface area contributed by atoms with Crippen LogP contribution in [0.5, 0.6) is 28.7 Å². The molecule has 0 amide bonds. The quantitative estimate of drug-likeness (QED) is 0.244. The van der Waals surface area contributed by atoms with Crippen LogP contribution in [0.2, 0.25) is 0 Å². The Labute approximate surface area is 207 Å². The van der Waals surface area contributed by atoms with Crippen LogP contribution in [-0.4, -0.2) is 45.1 Å². The Hall–Kier alpha value is -3.85. The van der Waals surface area contributed by atoms with Crippen LogP contribution in [0.15, 0.2) is 64.5 Å². The summed E-state index contributed by atoms with van der Waals surface area (Å²) in [5.74, 6) is 3.12. The average molecular weight is 495 g/mol. The van der Waals surface area contributed by atoms with E-state index in [2.05, 4.69) is 0 Å². The second-order valence-electron chi connectivity index (χ2n) is 7.41. The van der Waals surface area contributed by atoms with Gasteiger partial charge in [0.15, 0.2) is 16.7 Å². The molecule has 0 bridgehead atoms. The predicted octanol–water partition coefficient (Wildman–Crippen LogP) is 4.72. The van der Waals surface area contributed by atoms with E-state index >= 15 is 0 Å². The third-order valence-electron chi connectivity index (χ3n) is 5.47. The van der Waals surface area contributed by atoms with Gasteiger partial charge in [-0.15, -0.1) is 0 Å². The molecule has 0 fully saturated rings. The zero-order valence-electron chi connectivity index (χ0n) is 20.2. The summed E-state index contributed by atoms with van der Waals surface area (Å²) < 4.78 is 28.8. The van der Waals surface area contributed by atoms with Gasteiger partial charge in [-0.3, -0.25) is 9.36 Å². The molecular formula is C26H26N2O6S. The summed E-state index contributed by atoms with van der Waals surface area (Å²) in [5, 5.41) is 0.849. The topological polar surface area (TPSA) is 81.0 Å². The zero-order chi connectivity index (χ0) is 24.9. The first kappa shape index (κ1) is 24.3. The molecule has 0 spiro atoms. The maximum absolute atomic E-state index is 13.9. The van der Waals surface area contributed by atoms with Gasteiger partial charge in [0.25, 0.3) is 5.56 Å². The standard InChI is InChI=1S/C26H26N2O6S/c1-30-18-11-9-17(10-12-18)28-25(29)20-14-21(32-3)23(33-4)24(34-5)22(20)27-26(28)35-15-16-7-6-8-19(13-16)31-2/h6-14H,15H2,1-5H3. The maximum Gasteiger partial charge on any atom is 0.266 e. The average Bonchev–Trinajstić information content (AvgIpc) is 2.91. The number of ether oxygens (including phenoxy) is 5. The highest BCUT2D eigenvalue weighted by molar-refractivity contribution is 7.98. The molecular weight excluding hydrogens is 468 g/mol. The Morgan fingerprint density at radius 2 is 1.51 bits per heavy atom. The lowest BCUT2D eigenvalue weighted by atomic mass is 10.2. The Kier molecular flexibility index (Phi) is 7.36. The third kappa shape index (κ3) is 4.72. The highest BCUT2D eigenvalue weighted by Gasteiger charge is 2.22. The van der Waals surface area contributed by atoms with Crippen molar-refractivity contribution in [1.82, 2.24) is 9.55 Å². The van der Waals surface area contributed by atoms with E-state index in [9.17, 15) is 4.79 Å². The minimum absolute atomic E-state index is 0.257. The molecule has 1 aromatic heterocycles. The van der Waals surface area contributed by atoms with Crippen molar-refractivity contribution in [2.45, 2.75) is 10.9 Å². The first-order chi connectivity index (χ1) is 17.0. The third-order valence-corrected chi connectivity index (χ3v) is 6.48. The Morgan fingerprint density at radius 3 is 2.14 bits per heavy atom. The van der Waals surface area contributed by atoms with E-state index in [4.69, 9.17) is 28.7 Å². The van der Waals surface area contributed by atoms with Gasteiger partial charge in [-0.2, -0.15) is 0 Å². The summed E-state index contributed by atoms with van der Waals surface area (Å²) in [7, 11) is 7.77. The highest BCUT2D eigenvalue weighted by atomic mass is 32.2. The van der Waals surface area contributed by atoms with E-state index in [1.54, 1.807) is 37.0 Å². The molecule has 3 aromatic carbocycles. The van der Waals surface area contributed by atoms with Crippen molar-refractivity contribution in [2.24, 2.45) is 0 Å². The number of nitrogens with zero attached hydrogens (tertiary/aromatic N) is 2. The first-order valence-electron chi connectivity index (χ1n) is 10.7. The van der Waals surface area contributed by atoms with Crippen molar-refractivity contribution < 1.29 is 23.7 Å². The monoisotopic (exact) mass is 494 g/mol. The van der Waals surface area contributed by atoms with Crippen LogP contribution in [0, 0.1) is 0 Å². The molecule has 9 heteroatoms. The van der Waals surface area contributed by atoms with Gasteiger partial charge in [-0.1, -0.05) is 23.9 Å². The fourth-order valence-corrected chi connectivity index (χ4v) is 4.68. The summed E-state index contributed by atoms with van der Waals surface area (Å²) in [5.41, 5.74) is 1.83. The van der Waals surface area contributed by atoms with Crippen molar-refractivity contribution in [3.63, 3.8) is 0 Å². The summed E-state index contributed by atoms with van der Waals surface area (Å²) in [4.78, 5) is 18.7. The number of rotatable bonds is 9. The number of aromatic nitrogens is 2. The van der Waals surface area contributed by atoms with Crippen molar-refractivity contribution in [3.05, 3.63) is 70.5 Å². The van der Waals surface area contributed by atoms with E-state index in [0.717, 1.165) is 11.3 Å². The summed E-state index contributed by atoms with van der Waals surface area (Å²) >= 11 is 1.43. The smallest absolute Gasteiger partial charge is 0.266 e. The molecule has 8 nitrogen and oxygen atoms in total. The number of hydrogen-bond acceptors (Lipinski definition) is 8. The van der Waals surface area contributed by atoms with Gasteiger partial charge < -0.3 is 23.7 Å². The number of hydrogen-bond donors (Lipinski definition) is 0. The highest BCUT2D eigenvalue weighted by Crippen LogP contribution is 2.42. The molecule has 4 rings (SSSR count). The number of fused-ring (bicyclic) bond motifs is 1. The van der Waals surface area contributed by atoms with Gasteiger partial charge in [0.1, 0.15) is 17.0 Å². The van der Waals surface area contributed by atoms with Crippen LogP contribution in [0.3, 0.4) is 0 Å². The Bertz CT molecular complexity index is 1400. The van der Waals surface area contributed by atoms with E-state index in [1.807, 2.05) is 36.4 Å². The van der Waals surface area contributed by atoms with Gasteiger partial charge in [0.2, 0.25) is 5.75 Å². The normalized spacial score (nSPS) is 10.8. The fraction of sp³-hybridized carbons (Fsp3) is 0.231. The molecule has 0 saturated carbocycles. The molecule has 0 aliphatic carbocycles. The molecule has 0 radical (unpaired) electrons. The van der Waals surface area contributed by atoms with Crippen LogP contribution >= 0.6 is 11.8 Å². The Morgan fingerprint density at radius 1 is 0.800 bits per heavy atom. The zero-order valence-corrected chi connectivity index (χ0v) is 21.0. The number of methoxy groups -OCH3 is 5. The van der Waals surface area contributed by atoms with E-state index < -0.39 is 0 Å². The molecule has 0 aliphatic rings. The molecule has 4 aromatic rings. The predicted molar refractivity (Wildman–Crippen MR) is 136 cm³/mol. The number of benzene rings is 3. The maximum atomic E-state index is 13.9. The lowest BCUT2D eigenvalue weighted by Crippen LogP contribution is -2.22. The van der Waals surface area contributed by atoms with Crippen molar-refractivity contribution in [3.8, 4) is 34.4 Å². The molecule has 1 heterocycles. The van der Waals surface area contributed by atoms with Crippen LogP contribution in [0.25, 0.3) is 16.6 Å². The summed E-state index contributed by atoms with van der Waals surface area (Å²) in [6, 6.07) is 16.7. The minimum atomic E-state index is -0.257. The van der Waals surface area contributed by atoms with Gasteiger partial charge in [-0.05, 0) is 48.0 Å². The van der Waals surface area contributed by atoms with Crippen LogP contribution in [-0.2, 0) is 5.75 Å². The summed E-state index contributed by atoms with van der Waals surface area (Å²) in [6.07, 6.45) is 0. The van der Waals surface area contributed by atoms with E-state index in [0.29, 0.717) is 50.5 Å². The Balaban J connectivity index is 1.93. The molecule has 0 aliphatic heterocycles. The van der Waals surface area contributed by atoms with Gasteiger partial charge in [0.05, 0.1) is 46.6 Å². The van der Waals surface area contributed by atoms with E-state index in [1.165, 1.54) is 33.1 Å².